The van der Waals surface area contributed by atoms with E-state index < -0.39 is 15.1 Å². The van der Waals surface area contributed by atoms with Crippen molar-refractivity contribution in [1.82, 2.24) is 9.97 Å². The van der Waals surface area contributed by atoms with Crippen molar-refractivity contribution < 1.29 is 8.42 Å². The molecular formula is C14H14Cl2N2O2S. The molecule has 1 heterocycles. The summed E-state index contributed by atoms with van der Waals surface area (Å²) in [4.78, 5) is 8.18. The quantitative estimate of drug-likeness (QED) is 0.793. The van der Waals surface area contributed by atoms with Crippen LogP contribution in [-0.4, -0.2) is 24.6 Å². The number of aromatic nitrogens is 2. The third-order valence-electron chi connectivity index (χ3n) is 3.18. The zero-order chi connectivity index (χ0) is 15.8. The van der Waals surface area contributed by atoms with Gasteiger partial charge in [-0.25, -0.2) is 18.4 Å². The van der Waals surface area contributed by atoms with Gasteiger partial charge in [-0.15, -0.1) is 0 Å². The van der Waals surface area contributed by atoms with Crippen LogP contribution in [0.2, 0.25) is 10.3 Å². The second kappa shape index (κ2) is 5.91. The summed E-state index contributed by atoms with van der Waals surface area (Å²) in [7, 11) is -3.31. The lowest BCUT2D eigenvalue weighted by atomic mass is 10.1. The minimum atomic E-state index is -3.31. The van der Waals surface area contributed by atoms with E-state index in [1.54, 1.807) is 0 Å². The van der Waals surface area contributed by atoms with E-state index in [2.05, 4.69) is 9.97 Å². The van der Waals surface area contributed by atoms with Gasteiger partial charge in [0, 0.05) is 6.26 Å². The topological polar surface area (TPSA) is 59.9 Å². The maximum absolute atomic E-state index is 11.6. The molecule has 0 bridgehead atoms. The van der Waals surface area contributed by atoms with Gasteiger partial charge in [0.1, 0.15) is 21.4 Å². The number of rotatable bonds is 3. The van der Waals surface area contributed by atoms with E-state index in [1.807, 2.05) is 31.2 Å². The highest BCUT2D eigenvalue weighted by Crippen LogP contribution is 2.34. The average Bonchev–Trinajstić information content (AvgIpc) is 2.38. The monoisotopic (exact) mass is 344 g/mol. The minimum absolute atomic E-state index is 0.100. The Morgan fingerprint density at radius 3 is 1.95 bits per heavy atom. The zero-order valence-corrected chi connectivity index (χ0v) is 14.1. The fourth-order valence-electron chi connectivity index (χ4n) is 1.75. The van der Waals surface area contributed by atoms with Crippen molar-refractivity contribution >= 4 is 33.0 Å². The molecule has 1 aromatic heterocycles. The summed E-state index contributed by atoms with van der Waals surface area (Å²) in [5, 5.41) is -0.576. The van der Waals surface area contributed by atoms with Crippen molar-refractivity contribution in [2.75, 3.05) is 6.26 Å². The molecule has 1 aromatic carbocycles. The lowest BCUT2D eigenvalue weighted by Gasteiger charge is -2.12. The van der Waals surface area contributed by atoms with E-state index >= 15 is 0 Å². The van der Waals surface area contributed by atoms with Gasteiger partial charge in [0.25, 0.3) is 0 Å². The second-order valence-electron chi connectivity index (χ2n) is 4.88. The van der Waals surface area contributed by atoms with Gasteiger partial charge in [0.2, 0.25) is 0 Å². The molecule has 0 aliphatic heterocycles. The number of aryl methyl sites for hydroxylation is 1. The molecule has 21 heavy (non-hydrogen) atoms. The van der Waals surface area contributed by atoms with Crippen LogP contribution in [0.4, 0.5) is 0 Å². The third kappa shape index (κ3) is 3.54. The molecule has 112 valence electrons. The maximum atomic E-state index is 11.6. The Morgan fingerprint density at radius 1 is 1.05 bits per heavy atom. The molecule has 1 unspecified atom stereocenters. The van der Waals surface area contributed by atoms with Crippen molar-refractivity contribution in [3.63, 3.8) is 0 Å². The number of benzene rings is 1. The molecule has 0 saturated carbocycles. The molecule has 7 heteroatoms. The molecule has 2 rings (SSSR count). The van der Waals surface area contributed by atoms with E-state index in [1.165, 1.54) is 6.92 Å². The van der Waals surface area contributed by atoms with Crippen molar-refractivity contribution in [2.24, 2.45) is 0 Å². The molecule has 0 spiro atoms. The Hall–Kier alpha value is -1.17. The van der Waals surface area contributed by atoms with E-state index in [0.717, 1.165) is 17.4 Å². The highest BCUT2D eigenvalue weighted by atomic mass is 35.5. The lowest BCUT2D eigenvalue weighted by molar-refractivity contribution is 0.589. The van der Waals surface area contributed by atoms with Crippen LogP contribution in [0.1, 0.15) is 23.6 Å². The molecule has 0 amide bonds. The highest BCUT2D eigenvalue weighted by molar-refractivity contribution is 7.90. The SMILES string of the molecule is Cc1ccc(-c2c(Cl)nc(C(C)S(C)(=O)=O)nc2Cl)cc1. The highest BCUT2D eigenvalue weighted by Gasteiger charge is 2.23. The minimum Gasteiger partial charge on any atom is -0.228 e. The smallest absolute Gasteiger partial charge is 0.157 e. The molecule has 1 atom stereocenters. The fourth-order valence-corrected chi connectivity index (χ4v) is 2.86. The summed E-state index contributed by atoms with van der Waals surface area (Å²) < 4.78 is 23.2. The van der Waals surface area contributed by atoms with Gasteiger partial charge in [-0.05, 0) is 19.4 Å². The molecule has 0 saturated heterocycles. The molecule has 0 fully saturated rings. The second-order valence-corrected chi connectivity index (χ2v) is 7.96. The van der Waals surface area contributed by atoms with Gasteiger partial charge >= 0.3 is 0 Å². The van der Waals surface area contributed by atoms with E-state index in [9.17, 15) is 8.42 Å². The van der Waals surface area contributed by atoms with E-state index in [4.69, 9.17) is 23.2 Å². The molecule has 4 nitrogen and oxygen atoms in total. The predicted molar refractivity (Wildman–Crippen MR) is 85.5 cm³/mol. The molecule has 2 aromatic rings. The first-order chi connectivity index (χ1) is 9.70. The van der Waals surface area contributed by atoms with Gasteiger partial charge in [0.05, 0.1) is 5.56 Å². The van der Waals surface area contributed by atoms with E-state index in [0.29, 0.717) is 5.56 Å². The van der Waals surface area contributed by atoms with Gasteiger partial charge in [0.15, 0.2) is 9.84 Å². The van der Waals surface area contributed by atoms with Gasteiger partial charge in [-0.1, -0.05) is 53.0 Å². The summed E-state index contributed by atoms with van der Waals surface area (Å²) in [5.41, 5.74) is 2.39. The molecular weight excluding hydrogens is 331 g/mol. The predicted octanol–water partition coefficient (Wildman–Crippen LogP) is 3.86. The molecule has 0 radical (unpaired) electrons. The fraction of sp³-hybridized carbons (Fsp3) is 0.286. The summed E-state index contributed by atoms with van der Waals surface area (Å²) >= 11 is 12.3. The van der Waals surface area contributed by atoms with Crippen LogP contribution in [0.5, 0.6) is 0 Å². The Kier molecular flexibility index (Phi) is 4.56. The normalized spacial score (nSPS) is 13.2. The van der Waals surface area contributed by atoms with E-state index in [-0.39, 0.29) is 16.1 Å². The lowest BCUT2D eigenvalue weighted by Crippen LogP contribution is -2.12. The van der Waals surface area contributed by atoms with Gasteiger partial charge < -0.3 is 0 Å². The first-order valence-corrected chi connectivity index (χ1v) is 8.90. The van der Waals surface area contributed by atoms with Gasteiger partial charge in [-0.3, -0.25) is 0 Å². The van der Waals surface area contributed by atoms with Crippen LogP contribution in [0, 0.1) is 6.92 Å². The third-order valence-corrected chi connectivity index (χ3v) is 5.23. The average molecular weight is 345 g/mol. The summed E-state index contributed by atoms with van der Waals surface area (Å²) in [6.45, 7) is 3.48. The standard InChI is InChI=1S/C14H14Cl2N2O2S/c1-8-4-6-10(7-5-8)11-12(15)17-14(18-13(11)16)9(2)21(3,19)20/h4-7,9H,1-3H3. The summed E-state index contributed by atoms with van der Waals surface area (Å²) in [6, 6.07) is 7.58. The number of hydrogen-bond acceptors (Lipinski definition) is 4. The first kappa shape index (κ1) is 16.2. The molecule has 0 N–H and O–H groups in total. The van der Waals surface area contributed by atoms with Gasteiger partial charge in [-0.2, -0.15) is 0 Å². The Balaban J connectivity index is 2.55. The number of hydrogen-bond donors (Lipinski definition) is 0. The van der Waals surface area contributed by atoms with Crippen LogP contribution >= 0.6 is 23.2 Å². The number of sulfone groups is 1. The summed E-state index contributed by atoms with van der Waals surface area (Å²) in [5.74, 6) is 0.100. The number of halogens is 2. The van der Waals surface area contributed by atoms with Crippen LogP contribution in [-0.2, 0) is 9.84 Å². The first-order valence-electron chi connectivity index (χ1n) is 6.19. The van der Waals surface area contributed by atoms with Crippen molar-refractivity contribution in [3.8, 4) is 11.1 Å². The van der Waals surface area contributed by atoms with Crippen LogP contribution in [0.25, 0.3) is 11.1 Å². The van der Waals surface area contributed by atoms with Crippen molar-refractivity contribution in [1.29, 1.82) is 0 Å². The number of nitrogens with zero attached hydrogens (tertiary/aromatic N) is 2. The Morgan fingerprint density at radius 2 is 1.52 bits per heavy atom. The van der Waals surface area contributed by atoms with Crippen molar-refractivity contribution in [2.45, 2.75) is 19.1 Å². The molecule has 0 aliphatic rings. The summed E-state index contributed by atoms with van der Waals surface area (Å²) in [6.07, 6.45) is 1.12. The van der Waals surface area contributed by atoms with Crippen LogP contribution in [0.3, 0.4) is 0 Å². The van der Waals surface area contributed by atoms with Crippen LogP contribution in [0.15, 0.2) is 24.3 Å². The van der Waals surface area contributed by atoms with Crippen molar-refractivity contribution in [3.05, 3.63) is 46.0 Å². The molecule has 0 aliphatic carbocycles. The maximum Gasteiger partial charge on any atom is 0.157 e. The zero-order valence-electron chi connectivity index (χ0n) is 11.8. The Bertz CT molecular complexity index is 751. The Labute approximate surface area is 134 Å². The van der Waals surface area contributed by atoms with Crippen LogP contribution < -0.4 is 0 Å². The largest absolute Gasteiger partial charge is 0.228 e.